The lowest BCUT2D eigenvalue weighted by Gasteiger charge is -2.32. The second kappa shape index (κ2) is 7.98. The maximum atomic E-state index is 12.0. The molecule has 0 aliphatic carbocycles. The smallest absolute Gasteiger partial charge is 0.466 e. The molecule has 144 valence electrons. The molecule has 2 rings (SSSR count). The summed E-state index contributed by atoms with van der Waals surface area (Å²) in [6, 6.07) is 7.89. The molecule has 0 aromatic heterocycles. The first-order valence-electron chi connectivity index (χ1n) is 8.95. The fraction of sp³-hybridized carbons (Fsp3) is 0.632. The van der Waals surface area contributed by atoms with E-state index in [4.69, 9.17) is 19.2 Å². The van der Waals surface area contributed by atoms with Gasteiger partial charge in [0.2, 0.25) is 0 Å². The predicted molar refractivity (Wildman–Crippen MR) is 102 cm³/mol. The number of ether oxygens (including phenoxy) is 1. The average Bonchev–Trinajstić information content (AvgIpc) is 2.80. The molecular weight excluding hydrogens is 333 g/mol. The predicted octanol–water partition coefficient (Wildman–Crippen LogP) is 2.39. The molecule has 0 radical (unpaired) electrons. The maximum absolute atomic E-state index is 12.0. The fourth-order valence-corrected chi connectivity index (χ4v) is 2.94. The van der Waals surface area contributed by atoms with E-state index in [1.807, 2.05) is 63.9 Å². The number of methoxy groups -OCH3 is 1. The quantitative estimate of drug-likeness (QED) is 0.593. The molecule has 1 aliphatic heterocycles. The molecule has 0 amide bonds. The van der Waals surface area contributed by atoms with E-state index in [-0.39, 0.29) is 24.8 Å². The van der Waals surface area contributed by atoms with E-state index in [9.17, 15) is 4.79 Å². The number of carbonyl (C=O) groups excluding carboxylic acids is 1. The van der Waals surface area contributed by atoms with Crippen molar-refractivity contribution in [2.75, 3.05) is 32.2 Å². The molecule has 1 fully saturated rings. The number of hydrogen-bond acceptors (Lipinski definition) is 6. The first-order chi connectivity index (χ1) is 12.1. The highest BCUT2D eigenvalue weighted by Crippen LogP contribution is 2.42. The van der Waals surface area contributed by atoms with Crippen LogP contribution in [0.15, 0.2) is 24.3 Å². The highest BCUT2D eigenvalue weighted by Gasteiger charge is 2.54. The molecule has 1 aromatic carbocycles. The number of carbonyl (C=O) groups is 1. The lowest BCUT2D eigenvalue weighted by molar-refractivity contribution is -0.140. The number of benzene rings is 1. The van der Waals surface area contributed by atoms with Gasteiger partial charge in [-0.05, 0) is 45.4 Å². The fourth-order valence-electron chi connectivity index (χ4n) is 2.94. The van der Waals surface area contributed by atoms with Crippen molar-refractivity contribution in [2.24, 2.45) is 0 Å². The minimum atomic E-state index is -0.528. The van der Waals surface area contributed by atoms with Crippen LogP contribution >= 0.6 is 0 Å². The zero-order valence-corrected chi connectivity index (χ0v) is 16.6. The summed E-state index contributed by atoms with van der Waals surface area (Å²) >= 11 is 0. The topological polar surface area (TPSA) is 68.2 Å². The Bertz CT molecular complexity index is 601. The van der Waals surface area contributed by atoms with Gasteiger partial charge in [0.1, 0.15) is 0 Å². The van der Waals surface area contributed by atoms with E-state index in [0.29, 0.717) is 6.54 Å². The maximum Gasteiger partial charge on any atom is 0.466 e. The Hall–Kier alpha value is -1.57. The van der Waals surface area contributed by atoms with E-state index in [2.05, 4.69) is 0 Å². The van der Waals surface area contributed by atoms with Crippen molar-refractivity contribution in [1.29, 1.82) is 0 Å². The van der Waals surface area contributed by atoms with E-state index >= 15 is 0 Å². The molecule has 0 spiro atoms. The Morgan fingerprint density at radius 2 is 1.73 bits per heavy atom. The first kappa shape index (κ1) is 20.7. The molecule has 1 unspecified atom stereocenters. The molecule has 26 heavy (non-hydrogen) atoms. The van der Waals surface area contributed by atoms with Gasteiger partial charge in [-0.3, -0.25) is 4.79 Å². The lowest BCUT2D eigenvalue weighted by atomic mass is 9.66. The lowest BCUT2D eigenvalue weighted by Crippen LogP contribution is -2.41. The number of hydrogen-bond donors (Lipinski definition) is 1. The molecule has 7 heteroatoms. The molecular formula is C19H30BNO5. The second-order valence-electron chi connectivity index (χ2n) is 7.75. The van der Waals surface area contributed by atoms with Crippen molar-refractivity contribution in [3.8, 4) is 0 Å². The second-order valence-corrected chi connectivity index (χ2v) is 7.75. The third kappa shape index (κ3) is 4.39. The van der Waals surface area contributed by atoms with Crippen LogP contribution in [0.5, 0.6) is 0 Å². The van der Waals surface area contributed by atoms with Gasteiger partial charge in [0.15, 0.2) is 0 Å². The number of esters is 1. The number of rotatable bonds is 7. The molecule has 1 aromatic rings. The number of anilines is 1. The third-order valence-electron chi connectivity index (χ3n) is 5.41. The van der Waals surface area contributed by atoms with Gasteiger partial charge < -0.3 is 24.1 Å². The molecule has 0 saturated carbocycles. The largest absolute Gasteiger partial charge is 0.469 e. The van der Waals surface area contributed by atoms with Crippen LogP contribution in [-0.2, 0) is 18.8 Å². The summed E-state index contributed by atoms with van der Waals surface area (Å²) in [5.41, 5.74) is 1.02. The van der Waals surface area contributed by atoms with Crippen LogP contribution in [-0.4, -0.2) is 56.7 Å². The summed E-state index contributed by atoms with van der Waals surface area (Å²) in [6.07, 6.45) is 0.180. The van der Waals surface area contributed by atoms with Gasteiger partial charge in [-0.2, -0.15) is 0 Å². The SMILES string of the molecule is COC(=O)CC(B1OC(C)(C)C(C)(C)O1)c1ccc(N(C)CCO)cc1. The number of aliphatic hydroxyl groups excluding tert-OH is 1. The van der Waals surface area contributed by atoms with Crippen LogP contribution in [0.25, 0.3) is 0 Å². The number of likely N-dealkylation sites (N-methyl/N-ethyl adjacent to an activating group) is 1. The summed E-state index contributed by atoms with van der Waals surface area (Å²) in [4.78, 5) is 13.9. The van der Waals surface area contributed by atoms with Crippen LogP contribution in [0.2, 0.25) is 0 Å². The van der Waals surface area contributed by atoms with E-state index in [1.54, 1.807) is 0 Å². The summed E-state index contributed by atoms with van der Waals surface area (Å²) < 4.78 is 17.2. The molecule has 1 atom stereocenters. The van der Waals surface area contributed by atoms with Gasteiger partial charge in [-0.25, -0.2) is 0 Å². The summed E-state index contributed by atoms with van der Waals surface area (Å²) in [6.45, 7) is 8.63. The molecule has 0 bridgehead atoms. The van der Waals surface area contributed by atoms with Crippen LogP contribution < -0.4 is 4.90 Å². The highest BCUT2D eigenvalue weighted by molar-refractivity contribution is 6.48. The van der Waals surface area contributed by atoms with Gasteiger partial charge in [-0.1, -0.05) is 12.1 Å². The Labute approximate surface area is 156 Å². The first-order valence-corrected chi connectivity index (χ1v) is 8.95. The molecule has 1 saturated heterocycles. The Morgan fingerprint density at radius 1 is 1.19 bits per heavy atom. The van der Waals surface area contributed by atoms with E-state index in [0.717, 1.165) is 11.3 Å². The van der Waals surface area contributed by atoms with Crippen molar-refractivity contribution in [1.82, 2.24) is 0 Å². The van der Waals surface area contributed by atoms with Crippen molar-refractivity contribution >= 4 is 18.8 Å². The van der Waals surface area contributed by atoms with Gasteiger partial charge in [0.05, 0.1) is 31.3 Å². The molecule has 6 nitrogen and oxygen atoms in total. The molecule has 1 aliphatic rings. The summed E-state index contributed by atoms with van der Waals surface area (Å²) in [5.74, 6) is -0.563. The van der Waals surface area contributed by atoms with Gasteiger partial charge in [-0.15, -0.1) is 0 Å². The standard InChI is InChI=1S/C19H30BNO5/c1-18(2)19(3,4)26-20(25-18)16(13-17(23)24-6)14-7-9-15(10-8-14)21(5)11-12-22/h7-10,16,22H,11-13H2,1-6H3. The third-order valence-corrected chi connectivity index (χ3v) is 5.41. The normalized spacial score (nSPS) is 19.3. The Morgan fingerprint density at radius 3 is 2.19 bits per heavy atom. The Kier molecular flexibility index (Phi) is 6.37. The van der Waals surface area contributed by atoms with Crippen LogP contribution in [0.4, 0.5) is 5.69 Å². The van der Waals surface area contributed by atoms with Gasteiger partial charge in [0.25, 0.3) is 0 Å². The van der Waals surface area contributed by atoms with E-state index < -0.39 is 18.3 Å². The van der Waals surface area contributed by atoms with Crippen LogP contribution in [0.3, 0.4) is 0 Å². The van der Waals surface area contributed by atoms with Crippen molar-refractivity contribution in [3.05, 3.63) is 29.8 Å². The summed E-state index contributed by atoms with van der Waals surface area (Å²) in [7, 11) is 2.78. The Balaban J connectivity index is 2.27. The van der Waals surface area contributed by atoms with Gasteiger partial charge >= 0.3 is 13.1 Å². The number of aliphatic hydroxyl groups is 1. The van der Waals surface area contributed by atoms with Crippen molar-refractivity contribution < 1.29 is 23.9 Å². The molecule has 1 heterocycles. The number of nitrogens with zero attached hydrogens (tertiary/aromatic N) is 1. The van der Waals surface area contributed by atoms with E-state index in [1.165, 1.54) is 7.11 Å². The molecule has 1 N–H and O–H groups in total. The van der Waals surface area contributed by atoms with Crippen molar-refractivity contribution in [2.45, 2.75) is 51.1 Å². The minimum Gasteiger partial charge on any atom is -0.469 e. The zero-order valence-electron chi connectivity index (χ0n) is 16.6. The zero-order chi connectivity index (χ0) is 19.5. The highest BCUT2D eigenvalue weighted by atomic mass is 16.7. The summed E-state index contributed by atoms with van der Waals surface area (Å²) in [5, 5.41) is 9.08. The van der Waals surface area contributed by atoms with Crippen molar-refractivity contribution in [3.63, 3.8) is 0 Å². The van der Waals surface area contributed by atoms with Gasteiger partial charge in [0, 0.05) is 25.1 Å². The van der Waals surface area contributed by atoms with Crippen LogP contribution in [0.1, 0.15) is 45.5 Å². The van der Waals surface area contributed by atoms with Crippen LogP contribution in [0, 0.1) is 0 Å². The minimum absolute atomic E-state index is 0.0944. The monoisotopic (exact) mass is 363 g/mol. The average molecular weight is 363 g/mol.